The molecule has 0 radical (unpaired) electrons. The minimum Gasteiger partial charge on any atom is -0.334 e. The van der Waals surface area contributed by atoms with E-state index in [1.54, 1.807) is 4.90 Å². The van der Waals surface area contributed by atoms with E-state index in [2.05, 4.69) is 10.4 Å². The first kappa shape index (κ1) is 16.5. The summed E-state index contributed by atoms with van der Waals surface area (Å²) in [7, 11) is 0. The zero-order valence-corrected chi connectivity index (χ0v) is 13.0. The number of hydrogen-bond acceptors (Lipinski definition) is 3. The summed E-state index contributed by atoms with van der Waals surface area (Å²) in [6, 6.07) is 6.57. The van der Waals surface area contributed by atoms with E-state index in [0.29, 0.717) is 19.6 Å². The maximum atomic E-state index is 12.8. The van der Waals surface area contributed by atoms with Crippen LogP contribution in [0.4, 0.5) is 13.2 Å². The van der Waals surface area contributed by atoms with Crippen LogP contribution in [0.1, 0.15) is 23.0 Å². The molecule has 24 heavy (non-hydrogen) atoms. The van der Waals surface area contributed by atoms with E-state index in [1.807, 2.05) is 6.92 Å². The highest BCUT2D eigenvalue weighted by molar-refractivity contribution is 5.92. The molecule has 1 N–H and O–H groups in total. The van der Waals surface area contributed by atoms with Crippen molar-refractivity contribution >= 4 is 5.91 Å². The van der Waals surface area contributed by atoms with Gasteiger partial charge in [-0.25, -0.2) is 4.68 Å². The number of amides is 1. The molecule has 1 unspecified atom stereocenters. The lowest BCUT2D eigenvalue weighted by molar-refractivity contribution is -0.137. The molecule has 0 bridgehead atoms. The first-order valence-corrected chi connectivity index (χ1v) is 7.60. The third-order valence-corrected chi connectivity index (χ3v) is 3.90. The molecular formula is C16H17F3N4O. The molecule has 1 atom stereocenters. The van der Waals surface area contributed by atoms with Gasteiger partial charge in [0.15, 0.2) is 5.69 Å². The van der Waals surface area contributed by atoms with E-state index < -0.39 is 11.7 Å². The van der Waals surface area contributed by atoms with Gasteiger partial charge in [-0.1, -0.05) is 6.07 Å². The lowest BCUT2D eigenvalue weighted by Crippen LogP contribution is -2.51. The van der Waals surface area contributed by atoms with Gasteiger partial charge in [-0.2, -0.15) is 18.3 Å². The molecule has 128 valence electrons. The quantitative estimate of drug-likeness (QED) is 0.914. The second kappa shape index (κ2) is 6.27. The minimum atomic E-state index is -4.42. The largest absolute Gasteiger partial charge is 0.416 e. The van der Waals surface area contributed by atoms with Crippen molar-refractivity contribution in [3.05, 3.63) is 47.8 Å². The average Bonchev–Trinajstić information content (AvgIpc) is 3.03. The van der Waals surface area contributed by atoms with Gasteiger partial charge in [0.1, 0.15) is 0 Å². The van der Waals surface area contributed by atoms with Gasteiger partial charge in [-0.15, -0.1) is 0 Å². The van der Waals surface area contributed by atoms with Crippen LogP contribution in [0.15, 0.2) is 36.5 Å². The van der Waals surface area contributed by atoms with Gasteiger partial charge in [0.25, 0.3) is 5.91 Å². The van der Waals surface area contributed by atoms with Crippen LogP contribution >= 0.6 is 0 Å². The topological polar surface area (TPSA) is 50.2 Å². The molecule has 1 aliphatic heterocycles. The number of hydrogen-bond donors (Lipinski definition) is 1. The molecule has 1 aromatic carbocycles. The Morgan fingerprint density at radius 2 is 2.12 bits per heavy atom. The zero-order chi connectivity index (χ0) is 17.3. The Bertz CT molecular complexity index is 741. The molecule has 1 fully saturated rings. The maximum Gasteiger partial charge on any atom is 0.416 e. The van der Waals surface area contributed by atoms with Crippen LogP contribution in [0.3, 0.4) is 0 Å². The first-order chi connectivity index (χ1) is 11.3. The number of rotatable bonds is 2. The van der Waals surface area contributed by atoms with Gasteiger partial charge in [0.2, 0.25) is 0 Å². The number of alkyl halides is 3. The van der Waals surface area contributed by atoms with Crippen LogP contribution in [0, 0.1) is 0 Å². The molecule has 2 heterocycles. The third kappa shape index (κ3) is 3.43. The Balaban J connectivity index is 1.82. The molecule has 1 aromatic heterocycles. The van der Waals surface area contributed by atoms with Crippen LogP contribution in [-0.2, 0) is 6.18 Å². The van der Waals surface area contributed by atoms with E-state index in [0.717, 1.165) is 12.1 Å². The van der Waals surface area contributed by atoms with Gasteiger partial charge < -0.3 is 10.2 Å². The number of carbonyl (C=O) groups excluding carboxylic acids is 1. The SMILES string of the molecule is CC1CN(C(=O)c2ccn(-c3cccc(C(F)(F)F)c3)n2)CCN1. The van der Waals surface area contributed by atoms with E-state index in [1.165, 1.54) is 29.1 Å². The number of benzene rings is 1. The fourth-order valence-electron chi connectivity index (χ4n) is 2.69. The molecular weight excluding hydrogens is 321 g/mol. The number of nitrogens with one attached hydrogen (secondary N) is 1. The number of halogens is 3. The Labute approximate surface area is 137 Å². The standard InChI is InChI=1S/C16H17F3N4O/c1-11-10-22(8-6-20-11)15(24)14-5-7-23(21-14)13-4-2-3-12(9-13)16(17,18)19/h2-5,7,9,11,20H,6,8,10H2,1H3. The zero-order valence-electron chi connectivity index (χ0n) is 13.0. The summed E-state index contributed by atoms with van der Waals surface area (Å²) in [6.07, 6.45) is -2.92. The van der Waals surface area contributed by atoms with Crippen molar-refractivity contribution in [3.8, 4) is 5.69 Å². The van der Waals surface area contributed by atoms with Gasteiger partial charge in [0, 0.05) is 31.9 Å². The predicted octanol–water partition coefficient (Wildman–Crippen LogP) is 2.33. The third-order valence-electron chi connectivity index (χ3n) is 3.90. The Morgan fingerprint density at radius 1 is 1.33 bits per heavy atom. The number of aromatic nitrogens is 2. The fraction of sp³-hybridized carbons (Fsp3) is 0.375. The predicted molar refractivity (Wildman–Crippen MR) is 81.9 cm³/mol. The van der Waals surface area contributed by atoms with Crippen LogP contribution < -0.4 is 5.32 Å². The fourth-order valence-corrected chi connectivity index (χ4v) is 2.69. The second-order valence-electron chi connectivity index (χ2n) is 5.80. The molecule has 0 spiro atoms. The van der Waals surface area contributed by atoms with Crippen molar-refractivity contribution in [2.24, 2.45) is 0 Å². The van der Waals surface area contributed by atoms with E-state index >= 15 is 0 Å². The summed E-state index contributed by atoms with van der Waals surface area (Å²) in [5, 5.41) is 7.39. The Morgan fingerprint density at radius 3 is 2.83 bits per heavy atom. The van der Waals surface area contributed by atoms with E-state index in [9.17, 15) is 18.0 Å². The molecule has 1 aliphatic rings. The van der Waals surface area contributed by atoms with Crippen LogP contribution in [0.25, 0.3) is 5.69 Å². The smallest absolute Gasteiger partial charge is 0.334 e. The highest BCUT2D eigenvalue weighted by Gasteiger charge is 2.30. The molecule has 0 aliphatic carbocycles. The summed E-state index contributed by atoms with van der Waals surface area (Å²) < 4.78 is 39.7. The summed E-state index contributed by atoms with van der Waals surface area (Å²) in [5.41, 5.74) is -0.265. The monoisotopic (exact) mass is 338 g/mol. The first-order valence-electron chi connectivity index (χ1n) is 7.60. The summed E-state index contributed by atoms with van der Waals surface area (Å²) in [4.78, 5) is 14.2. The molecule has 3 rings (SSSR count). The van der Waals surface area contributed by atoms with Crippen molar-refractivity contribution in [1.29, 1.82) is 0 Å². The highest BCUT2D eigenvalue weighted by atomic mass is 19.4. The van der Waals surface area contributed by atoms with Crippen molar-refractivity contribution in [2.45, 2.75) is 19.1 Å². The lowest BCUT2D eigenvalue weighted by atomic mass is 10.2. The van der Waals surface area contributed by atoms with Gasteiger partial charge in [0.05, 0.1) is 11.3 Å². The number of carbonyl (C=O) groups is 1. The molecule has 2 aromatic rings. The van der Waals surface area contributed by atoms with Crippen LogP contribution in [0.2, 0.25) is 0 Å². The van der Waals surface area contributed by atoms with Crippen molar-refractivity contribution in [2.75, 3.05) is 19.6 Å². The van der Waals surface area contributed by atoms with Gasteiger partial charge in [-0.3, -0.25) is 4.79 Å². The van der Waals surface area contributed by atoms with Crippen molar-refractivity contribution in [1.82, 2.24) is 20.0 Å². The highest BCUT2D eigenvalue weighted by Crippen LogP contribution is 2.30. The molecule has 8 heteroatoms. The van der Waals surface area contributed by atoms with Gasteiger partial charge in [-0.05, 0) is 31.2 Å². The summed E-state index contributed by atoms with van der Waals surface area (Å²) >= 11 is 0. The van der Waals surface area contributed by atoms with Crippen molar-refractivity contribution < 1.29 is 18.0 Å². The molecule has 5 nitrogen and oxygen atoms in total. The number of piperazine rings is 1. The minimum absolute atomic E-state index is 0.202. The van der Waals surface area contributed by atoms with Crippen LogP contribution in [-0.4, -0.2) is 46.3 Å². The van der Waals surface area contributed by atoms with Gasteiger partial charge >= 0.3 is 6.18 Å². The van der Waals surface area contributed by atoms with Crippen molar-refractivity contribution in [3.63, 3.8) is 0 Å². The summed E-state index contributed by atoms with van der Waals surface area (Å²) in [6.45, 7) is 3.86. The number of nitrogens with zero attached hydrogens (tertiary/aromatic N) is 3. The molecule has 0 saturated carbocycles. The second-order valence-corrected chi connectivity index (χ2v) is 5.80. The maximum absolute atomic E-state index is 12.8. The Hall–Kier alpha value is -2.35. The van der Waals surface area contributed by atoms with E-state index in [-0.39, 0.29) is 23.3 Å². The molecule has 1 amide bonds. The average molecular weight is 338 g/mol. The Kier molecular flexibility index (Phi) is 4.31. The summed E-state index contributed by atoms with van der Waals surface area (Å²) in [5.74, 6) is -0.214. The normalized spacial score (nSPS) is 18.7. The van der Waals surface area contributed by atoms with Crippen LogP contribution in [0.5, 0.6) is 0 Å². The lowest BCUT2D eigenvalue weighted by Gasteiger charge is -2.31. The molecule has 1 saturated heterocycles. The van der Waals surface area contributed by atoms with E-state index in [4.69, 9.17) is 0 Å².